The first-order chi connectivity index (χ1) is 7.47. The van der Waals surface area contributed by atoms with Crippen LogP contribution in [0.1, 0.15) is 6.42 Å². The SMILES string of the molecule is CS(=O)(=O)c1cnc(N2CCC(N)C2)nc1. The van der Waals surface area contributed by atoms with Gasteiger partial charge in [-0.1, -0.05) is 0 Å². The van der Waals surface area contributed by atoms with Gasteiger partial charge in [-0.05, 0) is 6.42 Å². The molecular weight excluding hydrogens is 228 g/mol. The molecule has 0 aromatic carbocycles. The van der Waals surface area contributed by atoms with Gasteiger partial charge in [0, 0.05) is 25.4 Å². The van der Waals surface area contributed by atoms with Crippen LogP contribution in [0.4, 0.5) is 5.95 Å². The van der Waals surface area contributed by atoms with Crippen molar-refractivity contribution in [1.29, 1.82) is 0 Å². The van der Waals surface area contributed by atoms with Gasteiger partial charge in [0.1, 0.15) is 4.90 Å². The molecule has 0 aliphatic carbocycles. The van der Waals surface area contributed by atoms with Crippen molar-refractivity contribution < 1.29 is 8.42 Å². The number of nitrogens with two attached hydrogens (primary N) is 1. The Morgan fingerprint density at radius 1 is 1.44 bits per heavy atom. The highest BCUT2D eigenvalue weighted by molar-refractivity contribution is 7.90. The number of hydrogen-bond donors (Lipinski definition) is 1. The van der Waals surface area contributed by atoms with E-state index in [1.165, 1.54) is 12.4 Å². The van der Waals surface area contributed by atoms with Crippen molar-refractivity contribution >= 4 is 15.8 Å². The molecule has 1 saturated heterocycles. The maximum absolute atomic E-state index is 11.2. The summed E-state index contributed by atoms with van der Waals surface area (Å²) < 4.78 is 22.4. The van der Waals surface area contributed by atoms with Gasteiger partial charge in [0.2, 0.25) is 5.95 Å². The molecule has 88 valence electrons. The summed E-state index contributed by atoms with van der Waals surface area (Å²) in [4.78, 5) is 10.2. The molecular formula is C9H14N4O2S. The summed E-state index contributed by atoms with van der Waals surface area (Å²) in [6, 6.07) is 0.151. The van der Waals surface area contributed by atoms with Crippen LogP contribution in [0.15, 0.2) is 17.3 Å². The highest BCUT2D eigenvalue weighted by Crippen LogP contribution is 2.15. The maximum Gasteiger partial charge on any atom is 0.225 e. The zero-order valence-electron chi connectivity index (χ0n) is 9.00. The summed E-state index contributed by atoms with van der Waals surface area (Å²) in [5, 5.41) is 0. The largest absolute Gasteiger partial charge is 0.339 e. The Balaban J connectivity index is 2.20. The fourth-order valence-corrected chi connectivity index (χ4v) is 2.12. The molecule has 1 aliphatic heterocycles. The molecule has 0 saturated carbocycles. The topological polar surface area (TPSA) is 89.2 Å². The molecule has 2 N–H and O–H groups in total. The van der Waals surface area contributed by atoms with Crippen LogP contribution in [-0.4, -0.2) is 43.8 Å². The fourth-order valence-electron chi connectivity index (χ4n) is 1.63. The molecule has 7 heteroatoms. The van der Waals surface area contributed by atoms with Gasteiger partial charge < -0.3 is 10.6 Å². The van der Waals surface area contributed by atoms with Crippen molar-refractivity contribution in [1.82, 2.24) is 9.97 Å². The van der Waals surface area contributed by atoms with Gasteiger partial charge in [-0.3, -0.25) is 0 Å². The van der Waals surface area contributed by atoms with E-state index in [2.05, 4.69) is 9.97 Å². The van der Waals surface area contributed by atoms with E-state index in [-0.39, 0.29) is 10.9 Å². The maximum atomic E-state index is 11.2. The molecule has 2 heterocycles. The summed E-state index contributed by atoms with van der Waals surface area (Å²) in [7, 11) is -3.22. The van der Waals surface area contributed by atoms with Gasteiger partial charge in [-0.25, -0.2) is 18.4 Å². The van der Waals surface area contributed by atoms with Crippen molar-refractivity contribution in [2.75, 3.05) is 24.2 Å². The molecule has 0 spiro atoms. The minimum Gasteiger partial charge on any atom is -0.339 e. The lowest BCUT2D eigenvalue weighted by Crippen LogP contribution is -2.27. The summed E-state index contributed by atoms with van der Waals surface area (Å²) in [5.74, 6) is 0.542. The van der Waals surface area contributed by atoms with E-state index in [0.717, 1.165) is 25.8 Å². The van der Waals surface area contributed by atoms with E-state index in [0.29, 0.717) is 5.95 Å². The second-order valence-corrected chi connectivity index (χ2v) is 6.00. The Morgan fingerprint density at radius 3 is 2.50 bits per heavy atom. The van der Waals surface area contributed by atoms with Crippen molar-refractivity contribution in [2.45, 2.75) is 17.4 Å². The third kappa shape index (κ3) is 2.30. The standard InChI is InChI=1S/C9H14N4O2S/c1-16(14,15)8-4-11-9(12-5-8)13-3-2-7(10)6-13/h4-5,7H,2-3,6,10H2,1H3. The van der Waals surface area contributed by atoms with E-state index >= 15 is 0 Å². The first-order valence-electron chi connectivity index (χ1n) is 4.99. The second-order valence-electron chi connectivity index (χ2n) is 3.99. The third-order valence-electron chi connectivity index (χ3n) is 2.55. The molecule has 1 fully saturated rings. The van der Waals surface area contributed by atoms with E-state index in [9.17, 15) is 8.42 Å². The van der Waals surface area contributed by atoms with Gasteiger partial charge in [0.25, 0.3) is 0 Å². The summed E-state index contributed by atoms with van der Waals surface area (Å²) in [6.07, 6.45) is 4.72. The molecule has 0 amide bonds. The predicted molar refractivity (Wildman–Crippen MR) is 59.9 cm³/mol. The summed E-state index contributed by atoms with van der Waals surface area (Å²) >= 11 is 0. The number of rotatable bonds is 2. The van der Waals surface area contributed by atoms with Crippen LogP contribution in [0, 0.1) is 0 Å². The molecule has 1 aromatic heterocycles. The average Bonchev–Trinajstić information content (AvgIpc) is 2.64. The molecule has 16 heavy (non-hydrogen) atoms. The minimum absolute atomic E-state index is 0.139. The molecule has 1 aromatic rings. The quantitative estimate of drug-likeness (QED) is 0.746. The van der Waals surface area contributed by atoms with Crippen molar-refractivity contribution in [3.63, 3.8) is 0 Å². The van der Waals surface area contributed by atoms with Gasteiger partial charge in [0.15, 0.2) is 9.84 Å². The lowest BCUT2D eigenvalue weighted by molar-refractivity contribution is 0.601. The molecule has 0 radical (unpaired) electrons. The van der Waals surface area contributed by atoms with Gasteiger partial charge in [-0.2, -0.15) is 0 Å². The van der Waals surface area contributed by atoms with E-state index in [1.807, 2.05) is 4.90 Å². The fraction of sp³-hybridized carbons (Fsp3) is 0.556. The van der Waals surface area contributed by atoms with Crippen molar-refractivity contribution in [3.8, 4) is 0 Å². The molecule has 1 atom stereocenters. The minimum atomic E-state index is -3.22. The van der Waals surface area contributed by atoms with Crippen LogP contribution < -0.4 is 10.6 Å². The summed E-state index contributed by atoms with van der Waals surface area (Å²) in [5.41, 5.74) is 5.77. The van der Waals surface area contributed by atoms with Crippen LogP contribution in [-0.2, 0) is 9.84 Å². The predicted octanol–water partition coefficient (Wildman–Crippen LogP) is -0.582. The number of aromatic nitrogens is 2. The average molecular weight is 242 g/mol. The smallest absolute Gasteiger partial charge is 0.225 e. The van der Waals surface area contributed by atoms with Crippen LogP contribution in [0.25, 0.3) is 0 Å². The third-order valence-corrected chi connectivity index (χ3v) is 3.62. The Kier molecular flexibility index (Phi) is 2.81. The van der Waals surface area contributed by atoms with Crippen LogP contribution in [0.5, 0.6) is 0 Å². The lowest BCUT2D eigenvalue weighted by Gasteiger charge is -2.14. The second kappa shape index (κ2) is 3.99. The van der Waals surface area contributed by atoms with Crippen LogP contribution >= 0.6 is 0 Å². The zero-order valence-corrected chi connectivity index (χ0v) is 9.81. The Labute approximate surface area is 94.4 Å². The van der Waals surface area contributed by atoms with Crippen molar-refractivity contribution in [2.24, 2.45) is 5.73 Å². The number of anilines is 1. The molecule has 1 aliphatic rings. The van der Waals surface area contributed by atoms with E-state index in [4.69, 9.17) is 5.73 Å². The molecule has 6 nitrogen and oxygen atoms in total. The number of nitrogens with zero attached hydrogens (tertiary/aromatic N) is 3. The lowest BCUT2D eigenvalue weighted by atomic mass is 10.3. The van der Waals surface area contributed by atoms with Crippen LogP contribution in [0.3, 0.4) is 0 Å². The highest BCUT2D eigenvalue weighted by atomic mass is 32.2. The molecule has 2 rings (SSSR count). The monoisotopic (exact) mass is 242 g/mol. The summed E-state index contributed by atoms with van der Waals surface area (Å²) in [6.45, 7) is 1.54. The van der Waals surface area contributed by atoms with Gasteiger partial charge in [-0.15, -0.1) is 0 Å². The zero-order chi connectivity index (χ0) is 11.8. The molecule has 0 bridgehead atoms. The first kappa shape index (κ1) is 11.3. The number of sulfone groups is 1. The first-order valence-corrected chi connectivity index (χ1v) is 6.88. The Bertz CT molecular complexity index is 471. The highest BCUT2D eigenvalue weighted by Gasteiger charge is 2.21. The van der Waals surface area contributed by atoms with E-state index < -0.39 is 9.84 Å². The Morgan fingerprint density at radius 2 is 2.06 bits per heavy atom. The van der Waals surface area contributed by atoms with Gasteiger partial charge in [0.05, 0.1) is 12.4 Å². The normalized spacial score (nSPS) is 21.4. The van der Waals surface area contributed by atoms with E-state index in [1.54, 1.807) is 0 Å². The van der Waals surface area contributed by atoms with Crippen molar-refractivity contribution in [3.05, 3.63) is 12.4 Å². The van der Waals surface area contributed by atoms with Gasteiger partial charge >= 0.3 is 0 Å². The number of hydrogen-bond acceptors (Lipinski definition) is 6. The van der Waals surface area contributed by atoms with Crippen LogP contribution in [0.2, 0.25) is 0 Å². The Hall–Kier alpha value is -1.21. The molecule has 1 unspecified atom stereocenters.